The number of aliphatic carboxylic acids is 2. The van der Waals surface area contributed by atoms with E-state index in [-0.39, 0.29) is 121 Å². The van der Waals surface area contributed by atoms with E-state index >= 15 is 0 Å². The van der Waals surface area contributed by atoms with Crippen LogP contribution in [0.5, 0.6) is 0 Å². The molecular weight excluding hydrogens is 1840 g/mol. The van der Waals surface area contributed by atoms with Crippen LogP contribution in [0.15, 0.2) is 149 Å². The van der Waals surface area contributed by atoms with Crippen LogP contribution in [0, 0.1) is 42.2 Å². The molecule has 9 heterocycles. The summed E-state index contributed by atoms with van der Waals surface area (Å²) < 4.78 is 37.0. The number of amides is 10. The number of Topliss-reactive ketones (excluding diaryl/α,β-unsaturated/α-hetero) is 2. The van der Waals surface area contributed by atoms with Crippen molar-refractivity contribution in [3.63, 3.8) is 0 Å². The van der Waals surface area contributed by atoms with Gasteiger partial charge in [0.25, 0.3) is 0 Å². The van der Waals surface area contributed by atoms with Gasteiger partial charge in [0, 0.05) is 185 Å². The molecule has 7 aliphatic rings. The number of ether oxygens (including phenoxy) is 2. The highest BCUT2D eigenvalue weighted by atomic mass is 19.2. The van der Waals surface area contributed by atoms with Crippen LogP contribution in [-0.4, -0.2) is 284 Å². The molecule has 2 aromatic heterocycles. The van der Waals surface area contributed by atoms with Gasteiger partial charge in [-0.25, -0.2) is 28.1 Å². The number of carbonyl (C=O) groups excluding carboxylic acids is 12. The Kier molecular flexibility index (Phi) is 45.1. The highest BCUT2D eigenvalue weighted by Gasteiger charge is 2.35. The fraction of sp³-hybridized carbons (Fsp3) is 0.510. The van der Waals surface area contributed by atoms with Crippen LogP contribution in [0.2, 0.25) is 0 Å². The van der Waals surface area contributed by atoms with Gasteiger partial charge in [0.1, 0.15) is 36.9 Å². The summed E-state index contributed by atoms with van der Waals surface area (Å²) in [6.45, 7) is 16.2. The lowest BCUT2D eigenvalue weighted by Crippen LogP contribution is -2.50. The first-order valence-electron chi connectivity index (χ1n) is 48.8. The number of para-hydroxylation sites is 1. The first-order valence-corrected chi connectivity index (χ1v) is 48.8. The van der Waals surface area contributed by atoms with Gasteiger partial charge in [-0.05, 0) is 156 Å². The van der Waals surface area contributed by atoms with Crippen molar-refractivity contribution in [2.24, 2.45) is 38.6 Å². The zero-order chi connectivity index (χ0) is 101. The quantitative estimate of drug-likeness (QED) is 0.0196. The summed E-state index contributed by atoms with van der Waals surface area (Å²) in [4.78, 5) is 200. The number of hydrogen-bond donors (Lipinski definition) is 15. The minimum absolute atomic E-state index is 0.00306. The third-order valence-electron chi connectivity index (χ3n) is 25.0. The van der Waals surface area contributed by atoms with Crippen molar-refractivity contribution in [1.82, 2.24) is 93.4 Å². The topological polar surface area (TPSA) is 530 Å². The maximum atomic E-state index is 13.6. The van der Waals surface area contributed by atoms with Crippen LogP contribution in [0.25, 0.3) is 10.9 Å². The number of rotatable bonds is 41. The van der Waals surface area contributed by atoms with E-state index in [1.807, 2.05) is 90.7 Å². The second-order valence-electron chi connectivity index (χ2n) is 35.6. The number of pyridine rings is 2. The van der Waals surface area contributed by atoms with Crippen LogP contribution >= 0.6 is 0 Å². The Labute approximate surface area is 824 Å². The number of fused-ring (bicyclic) bond motifs is 1. The van der Waals surface area contributed by atoms with Gasteiger partial charge in [0.2, 0.25) is 47.3 Å². The number of carbonyl (C=O) groups is 14. The van der Waals surface area contributed by atoms with Crippen molar-refractivity contribution in [2.75, 3.05) is 136 Å². The minimum atomic E-state index is -1.33. The fourth-order valence-electron chi connectivity index (χ4n) is 16.8. The number of guanidine groups is 3. The third-order valence-corrected chi connectivity index (χ3v) is 25.0. The van der Waals surface area contributed by atoms with Gasteiger partial charge < -0.3 is 108 Å². The number of likely N-dealkylation sites (tertiary alicyclic amines) is 4. The number of anilines is 1. The molecule has 0 aliphatic carbocycles. The third kappa shape index (κ3) is 37.9. The summed E-state index contributed by atoms with van der Waals surface area (Å²) in [5.41, 5.74) is 4.53. The predicted octanol–water partition coefficient (Wildman–Crippen LogP) is 5.97. The van der Waals surface area contributed by atoms with Crippen LogP contribution in [0.1, 0.15) is 169 Å². The first-order chi connectivity index (χ1) is 68.6. The molecule has 13 rings (SSSR count). The Hall–Kier alpha value is -14.5. The summed E-state index contributed by atoms with van der Waals surface area (Å²) in [6.07, 6.45) is 10.4. The summed E-state index contributed by atoms with van der Waals surface area (Å²) in [6, 6.07) is 31.3. The van der Waals surface area contributed by atoms with Gasteiger partial charge in [-0.3, -0.25) is 72.7 Å². The van der Waals surface area contributed by atoms with Crippen molar-refractivity contribution in [1.29, 1.82) is 0 Å². The van der Waals surface area contributed by atoms with Gasteiger partial charge in [-0.2, -0.15) is 0 Å². The first kappa shape index (κ1) is 109. The Morgan fingerprint density at radius 2 is 0.838 bits per heavy atom. The van der Waals surface area contributed by atoms with Crippen LogP contribution in [-0.2, 0) is 80.2 Å². The lowest BCUT2D eigenvalue weighted by molar-refractivity contribution is -0.140. The molecule has 1 unspecified atom stereocenters. The van der Waals surface area contributed by atoms with Gasteiger partial charge in [0.15, 0.2) is 35.3 Å². The number of carboxylic acids is 2. The molecule has 4 aromatic carbocycles. The predicted molar refractivity (Wildman–Crippen MR) is 525 cm³/mol. The number of aliphatic imine (C=N–C) groups is 3. The minimum Gasteiger partial charge on any atom is -0.481 e. The Balaban J connectivity index is 0.000000195. The lowest BCUT2D eigenvalue weighted by atomic mass is 9.94. The van der Waals surface area contributed by atoms with Gasteiger partial charge in [0.05, 0.1) is 43.7 Å². The van der Waals surface area contributed by atoms with Crippen LogP contribution < -0.4 is 69.1 Å². The second kappa shape index (κ2) is 58.5. The number of piperidine rings is 4. The zero-order valence-electron chi connectivity index (χ0n) is 80.8. The Morgan fingerprint density at radius 3 is 1.23 bits per heavy atom. The van der Waals surface area contributed by atoms with Crippen molar-refractivity contribution >= 4 is 118 Å². The number of hydrogen-bond acceptors (Lipinski definition) is 28. The number of nitrogens with zero attached hydrogens (tertiary/aromatic N) is 9. The largest absolute Gasteiger partial charge is 0.481 e. The van der Waals surface area contributed by atoms with Crippen molar-refractivity contribution < 1.29 is 95.6 Å². The molecule has 6 aromatic rings. The van der Waals surface area contributed by atoms with E-state index in [4.69, 9.17) is 14.6 Å². The smallest absolute Gasteiger partial charge is 0.408 e. The number of nitrogens with one attached hydrogen (secondary N) is 13. The lowest BCUT2D eigenvalue weighted by Gasteiger charge is -2.32. The molecule has 766 valence electrons. The summed E-state index contributed by atoms with van der Waals surface area (Å²) in [5, 5.41) is 57.6. The number of aryl methyl sites for hydroxylation is 1. The van der Waals surface area contributed by atoms with E-state index in [1.165, 1.54) is 19.9 Å². The second-order valence-corrected chi connectivity index (χ2v) is 35.6. The molecule has 15 N–H and O–H groups in total. The van der Waals surface area contributed by atoms with Crippen molar-refractivity contribution in [3.05, 3.63) is 173 Å². The molecule has 4 fully saturated rings. The van der Waals surface area contributed by atoms with E-state index in [9.17, 15) is 81.0 Å². The van der Waals surface area contributed by atoms with Crippen molar-refractivity contribution in [3.8, 4) is 0 Å². The van der Waals surface area contributed by atoms with E-state index in [0.29, 0.717) is 175 Å². The standard InChI is InChI=1S/C27H35N5O6.C26H34N6O3.C25H36N6O5.C22H29F2N5O4/c1-19-7-5-13-28-24(19)29-14-6-10-23(33)32-15-11-21(12-16-32)25(34)30-17-22(26(35)36)31-27(37)38-18-20-8-3-2-4-9-20;1-18(33)15-23(21-16-20-5-2-3-6-22(20)30-17-21)31-25(35)19-8-13-32(14-9-19)24(34)7-4-10-27-26-28-11-12-29-26;1-18(32)21(30-25(35)36-17-19-6-3-2-4-7-19)16-29-23(34)20-9-14-31(15-10-20)22(33)8-5-11-26-24-27-12-13-28-24;23-16-4-3-15(12-17(16)24)18(13-20(31)32)28-21(33)14-5-10-29(11-6-14)19(30)2-1-7-25-22-26-8-9-27-22/h2-5,7-9,13,21-22H,6,10-12,14-18H2,1H3,(H,28,29)(H,30,34)(H,31,37)(H,35,36);2-3,5-6,16-17,19,23H,4,7-15H2,1H3,(H,31,35)(H2,27,28,29);2-4,6-7,20-21H,5,8-17H2,1H3,(H,29,34)(H,30,35)(H2,26,27,28);3-4,12,14,18H,1-2,5-11,13H2,(H,28,33)(H,31,32)(H2,25,26,27)/t22-;23-;21-;/m000./s1. The Morgan fingerprint density at radius 1 is 0.437 bits per heavy atom. The molecule has 40 nitrogen and oxygen atoms in total. The van der Waals surface area contributed by atoms with Crippen LogP contribution in [0.3, 0.4) is 0 Å². The van der Waals surface area contributed by atoms with Gasteiger partial charge >= 0.3 is 24.1 Å². The van der Waals surface area contributed by atoms with Crippen LogP contribution in [0.4, 0.5) is 24.2 Å². The summed E-state index contributed by atoms with van der Waals surface area (Å²) >= 11 is 0. The number of benzene rings is 4. The number of ketones is 2. The molecule has 0 spiro atoms. The fourth-order valence-corrected chi connectivity index (χ4v) is 16.8. The molecule has 0 bridgehead atoms. The average Bonchev–Trinajstić information content (AvgIpc) is 0.890. The highest BCUT2D eigenvalue weighted by Crippen LogP contribution is 2.29. The maximum Gasteiger partial charge on any atom is 0.408 e. The molecule has 4 saturated heterocycles. The Bertz CT molecular complexity index is 5300. The molecule has 7 aliphatic heterocycles. The number of carboxylic acid groups (broad SMARTS) is 2. The van der Waals surface area contributed by atoms with Crippen molar-refractivity contribution in [2.45, 2.75) is 174 Å². The normalized spacial score (nSPS) is 16.1. The monoisotopic (exact) mass is 1970 g/mol. The highest BCUT2D eigenvalue weighted by molar-refractivity contribution is 5.89. The summed E-state index contributed by atoms with van der Waals surface area (Å²) in [7, 11) is 0. The molecule has 0 saturated carbocycles. The van der Waals surface area contributed by atoms with Gasteiger partial charge in [-0.15, -0.1) is 0 Å². The number of alkyl carbamates (subject to hydrolysis) is 2. The number of halogens is 2. The molecule has 4 atom stereocenters. The van der Waals surface area contributed by atoms with E-state index < -0.39 is 66.3 Å². The van der Waals surface area contributed by atoms with Gasteiger partial charge in [-0.1, -0.05) is 91.0 Å². The average molecular weight is 1970 g/mol. The molecular formula is C100H134F2N22O18. The molecule has 0 radical (unpaired) electrons. The van der Waals surface area contributed by atoms with E-state index in [0.717, 1.165) is 115 Å². The van der Waals surface area contributed by atoms with E-state index in [1.54, 1.807) is 51.4 Å². The summed E-state index contributed by atoms with van der Waals surface area (Å²) in [5.74, 6) is -3.41. The molecule has 142 heavy (non-hydrogen) atoms. The van der Waals surface area contributed by atoms with E-state index in [2.05, 4.69) is 94.1 Å². The zero-order valence-corrected chi connectivity index (χ0v) is 80.8. The molecule has 10 amide bonds. The molecule has 42 heteroatoms. The number of aromatic nitrogens is 2. The maximum absolute atomic E-state index is 13.6. The SMILES string of the molecule is CC(=O)C[C@H](NC(=O)C1CCN(C(=O)CCCNC2=NCCN2)CC1)c1cnc2ccccc2c1.CC(=O)[C@H](CNC(=O)C1CCN(C(=O)CCCNC2=NCCN2)CC1)NC(=O)OCc1ccccc1.Cc1cccnc1NCCCC(=O)N1CCC(C(=O)NC[C@H](NC(=O)OCc2ccccc2)C(=O)O)CC1.O=C(O)CC(NC(=O)C1CCN(C(=O)CCCNC2=NCCN2)CC1)c1ccc(F)c(F)c1.